The Hall–Kier alpha value is 1.15. The summed E-state index contributed by atoms with van der Waals surface area (Å²) >= 11 is 1.75. The van der Waals surface area contributed by atoms with Crippen LogP contribution in [0, 0.1) is 6.08 Å². The van der Waals surface area contributed by atoms with E-state index in [0.29, 0.717) is 10.5 Å². The molecule has 1 N–H and O–H groups in total. The van der Waals surface area contributed by atoms with Crippen LogP contribution in [0.3, 0.4) is 0 Å². The van der Waals surface area contributed by atoms with Crippen LogP contribution in [0.1, 0.15) is 6.92 Å². The molecule has 1 nitrogen and oxygen atoms in total. The molecule has 1 rings (SSSR count). The largest absolute Gasteiger partial charge is 0.486 e. The molecule has 1 radical (unpaired) electrons. The maximum atomic E-state index is 8.59. The Morgan fingerprint density at radius 2 is 2.44 bits per heavy atom. The molecule has 0 saturated carbocycles. The standard InChI is InChI=1S/C6H9OS.Y/c1-5-2-3-6(4-7)8-5;/h3,5-7H,4H2,1H3;/q-1;/t5?,6-;/m0./s1. The minimum atomic E-state index is 0. The average Bonchev–Trinajstić information content (AvgIpc) is 2.14. The van der Waals surface area contributed by atoms with E-state index in [9.17, 15) is 0 Å². The zero-order chi connectivity index (χ0) is 5.98. The molecule has 0 spiro atoms. The molecule has 0 fully saturated rings. The Balaban J connectivity index is 0.000000640. The summed E-state index contributed by atoms with van der Waals surface area (Å²) in [5.74, 6) is 0. The minimum absolute atomic E-state index is 0. The fourth-order valence-corrected chi connectivity index (χ4v) is 1.60. The first-order valence-electron chi connectivity index (χ1n) is 2.68. The molecule has 49 valence electrons. The normalized spacial score (nSPS) is 32.2. The predicted octanol–water partition coefficient (Wildman–Crippen LogP) is 0.839. The molecule has 0 aromatic rings. The van der Waals surface area contributed by atoms with Crippen molar-refractivity contribution < 1.29 is 37.8 Å². The quantitative estimate of drug-likeness (QED) is 0.658. The van der Waals surface area contributed by atoms with Gasteiger partial charge in [-0.2, -0.15) is 11.8 Å². The summed E-state index contributed by atoms with van der Waals surface area (Å²) in [5.41, 5.74) is 0. The van der Waals surface area contributed by atoms with Gasteiger partial charge in [-0.25, -0.2) is 0 Å². The van der Waals surface area contributed by atoms with Crippen molar-refractivity contribution in [1.29, 1.82) is 0 Å². The molecule has 1 heterocycles. The Morgan fingerprint density at radius 3 is 2.67 bits per heavy atom. The van der Waals surface area contributed by atoms with Crippen LogP contribution in [0.2, 0.25) is 0 Å². The van der Waals surface area contributed by atoms with Crippen LogP contribution in [0.25, 0.3) is 0 Å². The topological polar surface area (TPSA) is 20.2 Å². The molecule has 1 unspecified atom stereocenters. The monoisotopic (exact) mass is 218 g/mol. The third-order valence-corrected chi connectivity index (χ3v) is 2.25. The number of aliphatic hydroxyl groups excluding tert-OH is 1. The van der Waals surface area contributed by atoms with Gasteiger partial charge in [-0.05, 0) is 0 Å². The van der Waals surface area contributed by atoms with Crippen LogP contribution in [-0.2, 0) is 32.7 Å². The van der Waals surface area contributed by atoms with Crippen molar-refractivity contribution in [1.82, 2.24) is 0 Å². The summed E-state index contributed by atoms with van der Waals surface area (Å²) in [6.45, 7) is 2.33. The van der Waals surface area contributed by atoms with Gasteiger partial charge in [0.1, 0.15) is 0 Å². The van der Waals surface area contributed by atoms with Gasteiger partial charge in [0.2, 0.25) is 0 Å². The average molecular weight is 218 g/mol. The second kappa shape index (κ2) is 4.89. The Kier molecular flexibility index (Phi) is 5.52. The van der Waals surface area contributed by atoms with E-state index in [1.54, 1.807) is 11.8 Å². The SMILES string of the molecule is CC1[C-]=C[C@@H](CO)S1.[Y]. The molecule has 1 aliphatic rings. The molecule has 9 heavy (non-hydrogen) atoms. The zero-order valence-electron chi connectivity index (χ0n) is 5.37. The number of hydrogen-bond acceptors (Lipinski definition) is 2. The molecular weight excluding hydrogens is 209 g/mol. The van der Waals surface area contributed by atoms with Crippen molar-refractivity contribution in [3.8, 4) is 0 Å². The van der Waals surface area contributed by atoms with Crippen molar-refractivity contribution in [3.63, 3.8) is 0 Å². The van der Waals surface area contributed by atoms with E-state index in [-0.39, 0.29) is 39.3 Å². The summed E-state index contributed by atoms with van der Waals surface area (Å²) in [6.07, 6.45) is 5.04. The van der Waals surface area contributed by atoms with Gasteiger partial charge in [0, 0.05) is 38.0 Å². The van der Waals surface area contributed by atoms with Gasteiger partial charge in [-0.15, -0.1) is 5.25 Å². The smallest absolute Gasteiger partial charge is 0.0557 e. The van der Waals surface area contributed by atoms with Crippen molar-refractivity contribution in [3.05, 3.63) is 12.2 Å². The van der Waals surface area contributed by atoms with Gasteiger partial charge in [0.25, 0.3) is 0 Å². The molecule has 1 aliphatic heterocycles. The molecule has 0 saturated heterocycles. The maximum Gasteiger partial charge on any atom is 0.0557 e. The first-order chi connectivity index (χ1) is 3.83. The van der Waals surface area contributed by atoms with E-state index in [1.807, 2.05) is 6.08 Å². The molecule has 0 aliphatic carbocycles. The van der Waals surface area contributed by atoms with Crippen LogP contribution in [0.5, 0.6) is 0 Å². The maximum absolute atomic E-state index is 8.59. The van der Waals surface area contributed by atoms with Gasteiger partial charge in [-0.1, -0.05) is 6.92 Å². The van der Waals surface area contributed by atoms with E-state index < -0.39 is 0 Å². The minimum Gasteiger partial charge on any atom is -0.486 e. The summed E-state index contributed by atoms with van der Waals surface area (Å²) in [6, 6.07) is 0. The van der Waals surface area contributed by atoms with Gasteiger partial charge in [0.05, 0.1) is 6.61 Å². The predicted molar refractivity (Wildman–Crippen MR) is 35.7 cm³/mol. The van der Waals surface area contributed by atoms with E-state index in [4.69, 9.17) is 5.11 Å². The van der Waals surface area contributed by atoms with Crippen molar-refractivity contribution in [2.75, 3.05) is 6.61 Å². The van der Waals surface area contributed by atoms with Crippen LogP contribution >= 0.6 is 11.8 Å². The number of rotatable bonds is 1. The summed E-state index contributed by atoms with van der Waals surface area (Å²) < 4.78 is 0. The van der Waals surface area contributed by atoms with Crippen LogP contribution in [0.15, 0.2) is 6.08 Å². The van der Waals surface area contributed by atoms with Gasteiger partial charge >= 0.3 is 0 Å². The zero-order valence-corrected chi connectivity index (χ0v) is 9.03. The van der Waals surface area contributed by atoms with E-state index in [2.05, 4.69) is 13.0 Å². The Morgan fingerprint density at radius 1 is 1.78 bits per heavy atom. The fraction of sp³-hybridized carbons (Fsp3) is 0.667. The van der Waals surface area contributed by atoms with Crippen LogP contribution in [0.4, 0.5) is 0 Å². The Labute approximate surface area is 85.2 Å². The van der Waals surface area contributed by atoms with E-state index in [0.717, 1.165) is 0 Å². The second-order valence-corrected chi connectivity index (χ2v) is 3.42. The Bertz CT molecular complexity index is 105. The van der Waals surface area contributed by atoms with E-state index in [1.165, 1.54) is 0 Å². The van der Waals surface area contributed by atoms with E-state index >= 15 is 0 Å². The molecule has 0 bridgehead atoms. The number of hydrogen-bond donors (Lipinski definition) is 1. The van der Waals surface area contributed by atoms with Gasteiger partial charge in [-0.3, -0.25) is 6.08 Å². The molecular formula is C6H9OSY-. The summed E-state index contributed by atoms with van der Waals surface area (Å²) in [5, 5.41) is 9.38. The summed E-state index contributed by atoms with van der Waals surface area (Å²) in [4.78, 5) is 0. The third-order valence-electron chi connectivity index (χ3n) is 1.08. The van der Waals surface area contributed by atoms with Crippen LogP contribution in [-0.4, -0.2) is 22.2 Å². The fourth-order valence-electron chi connectivity index (χ4n) is 0.679. The number of thioether (sulfide) groups is 1. The first-order valence-corrected chi connectivity index (χ1v) is 3.63. The van der Waals surface area contributed by atoms with Crippen molar-refractivity contribution in [2.24, 2.45) is 0 Å². The van der Waals surface area contributed by atoms with Crippen LogP contribution < -0.4 is 0 Å². The van der Waals surface area contributed by atoms with Crippen molar-refractivity contribution in [2.45, 2.75) is 17.4 Å². The van der Waals surface area contributed by atoms with Gasteiger partial charge in [0.15, 0.2) is 0 Å². The summed E-state index contributed by atoms with van der Waals surface area (Å²) in [7, 11) is 0. The van der Waals surface area contributed by atoms with Crippen molar-refractivity contribution >= 4 is 11.8 Å². The molecule has 0 amide bonds. The molecule has 3 heteroatoms. The van der Waals surface area contributed by atoms with Gasteiger partial charge < -0.3 is 11.2 Å². The first kappa shape index (κ1) is 10.2. The number of aliphatic hydroxyl groups is 1. The molecule has 0 aromatic carbocycles. The molecule has 0 aromatic heterocycles. The third kappa shape index (κ3) is 3.17. The second-order valence-electron chi connectivity index (χ2n) is 1.83. The molecule has 2 atom stereocenters.